The first-order valence-corrected chi connectivity index (χ1v) is 14.9. The summed E-state index contributed by atoms with van der Waals surface area (Å²) in [5, 5.41) is 31.7. The number of aliphatic hydroxyl groups is 3. The second-order valence-electron chi connectivity index (χ2n) is 9.30. The predicted molar refractivity (Wildman–Crippen MR) is 169 cm³/mol. The molecule has 1 aliphatic heterocycles. The van der Waals surface area contributed by atoms with Crippen molar-refractivity contribution in [3.8, 4) is 0 Å². The normalized spacial score (nSPS) is 16.3. The van der Waals surface area contributed by atoms with E-state index >= 15 is 0 Å². The number of benzene rings is 1. The molecule has 0 saturated heterocycles. The Morgan fingerprint density at radius 1 is 1.17 bits per heavy atom. The third-order valence-electron chi connectivity index (χ3n) is 6.19. The van der Waals surface area contributed by atoms with Crippen molar-refractivity contribution in [2.45, 2.75) is 79.0 Å². The summed E-state index contributed by atoms with van der Waals surface area (Å²) in [6.45, 7) is 13.7. The lowest BCUT2D eigenvalue weighted by atomic mass is 10.0. The Morgan fingerprint density at radius 2 is 1.83 bits per heavy atom. The summed E-state index contributed by atoms with van der Waals surface area (Å²) >= 11 is 5.80. The van der Waals surface area contributed by atoms with E-state index in [9.17, 15) is 15.0 Å². The first-order valence-electron chi connectivity index (χ1n) is 14.6. The van der Waals surface area contributed by atoms with Crippen LogP contribution in [0.3, 0.4) is 0 Å². The number of halogens is 1. The maximum absolute atomic E-state index is 11.8. The van der Waals surface area contributed by atoms with Crippen molar-refractivity contribution >= 4 is 29.4 Å². The van der Waals surface area contributed by atoms with Crippen LogP contribution in [0.25, 0.3) is 6.08 Å². The Hall–Kier alpha value is -2.31. The molecule has 5 atom stereocenters. The van der Waals surface area contributed by atoms with Crippen molar-refractivity contribution in [1.82, 2.24) is 10.2 Å². The molecule has 0 aromatic heterocycles. The van der Waals surface area contributed by atoms with Gasteiger partial charge in [0.25, 0.3) is 0 Å². The van der Waals surface area contributed by atoms with E-state index in [0.717, 1.165) is 12.1 Å². The first-order chi connectivity index (χ1) is 20.1. The van der Waals surface area contributed by atoms with Gasteiger partial charge in [-0.15, -0.1) is 0 Å². The molecular weight excluding hydrogens is 562 g/mol. The number of amidine groups is 1. The van der Waals surface area contributed by atoms with E-state index in [2.05, 4.69) is 17.2 Å². The Balaban J connectivity index is 0.000000756. The van der Waals surface area contributed by atoms with Crippen molar-refractivity contribution in [1.29, 1.82) is 0 Å². The van der Waals surface area contributed by atoms with Crippen LogP contribution >= 0.6 is 11.6 Å². The zero-order valence-corrected chi connectivity index (χ0v) is 27.0. The van der Waals surface area contributed by atoms with E-state index < -0.39 is 24.6 Å². The van der Waals surface area contributed by atoms with Gasteiger partial charge in [-0.1, -0.05) is 44.5 Å². The maximum atomic E-state index is 11.8. The summed E-state index contributed by atoms with van der Waals surface area (Å²) in [4.78, 5) is 18.1. The predicted octanol–water partition coefficient (Wildman–Crippen LogP) is 4.23. The van der Waals surface area contributed by atoms with Gasteiger partial charge in [-0.2, -0.15) is 0 Å². The molecule has 2 rings (SSSR count). The number of hydrogen-bond donors (Lipinski definition) is 4. The molecule has 11 heteroatoms. The minimum atomic E-state index is -0.776. The number of carbonyl (C=O) groups is 1. The largest absolute Gasteiger partial charge is 0.394 e. The summed E-state index contributed by atoms with van der Waals surface area (Å²) in [6.07, 6.45) is 5.68. The molecule has 0 radical (unpaired) electrons. The second-order valence-corrected chi connectivity index (χ2v) is 9.74. The molecule has 0 aliphatic carbocycles. The van der Waals surface area contributed by atoms with Crippen LogP contribution in [0.2, 0.25) is 5.02 Å². The van der Waals surface area contributed by atoms with E-state index in [1.165, 1.54) is 13.2 Å². The van der Waals surface area contributed by atoms with E-state index in [0.29, 0.717) is 43.6 Å². The summed E-state index contributed by atoms with van der Waals surface area (Å²) in [6, 6.07) is 7.27. The number of methoxy groups -OCH3 is 1. The Bertz CT molecular complexity index is 922. The van der Waals surface area contributed by atoms with Gasteiger partial charge >= 0.3 is 0 Å². The number of aliphatic hydroxyl groups excluding tert-OH is 3. The fourth-order valence-electron chi connectivity index (χ4n) is 3.37. The number of aliphatic imine (C=N–C) groups is 1. The Labute approximate surface area is 257 Å². The highest BCUT2D eigenvalue weighted by molar-refractivity contribution is 6.30. The van der Waals surface area contributed by atoms with Gasteiger partial charge in [0.1, 0.15) is 18.6 Å². The molecule has 240 valence electrons. The summed E-state index contributed by atoms with van der Waals surface area (Å²) < 4.78 is 16.0. The smallest absolute Gasteiger partial charge is 0.249 e. The molecule has 3 unspecified atom stereocenters. The Morgan fingerprint density at radius 3 is 2.33 bits per heavy atom. The van der Waals surface area contributed by atoms with Crippen molar-refractivity contribution in [2.75, 3.05) is 40.1 Å². The summed E-state index contributed by atoms with van der Waals surface area (Å²) in [5.74, 6) is 0.453. The Kier molecular flexibility index (Phi) is 22.8. The average molecular weight is 614 g/mol. The molecular formula is C31H52ClN3O7. The van der Waals surface area contributed by atoms with Crippen molar-refractivity contribution < 1.29 is 34.3 Å². The molecule has 1 aromatic rings. The lowest BCUT2D eigenvalue weighted by Crippen LogP contribution is -2.33. The number of nitrogens with one attached hydrogen (secondary N) is 1. The minimum Gasteiger partial charge on any atom is -0.394 e. The SMILES string of the molecule is CC.CCN1C=CC(NC(=O)/C=C/c2ccc(Cl)cc2)=NC1.CCOC(CC(C)[C@@H](C)O)OCCC(O)[C@@H](CO)OC. The van der Waals surface area contributed by atoms with Crippen LogP contribution in [0.1, 0.15) is 59.9 Å². The van der Waals surface area contributed by atoms with Crippen molar-refractivity contribution in [3.63, 3.8) is 0 Å². The van der Waals surface area contributed by atoms with Crippen LogP contribution in [0.4, 0.5) is 0 Å². The van der Waals surface area contributed by atoms with Gasteiger partial charge in [-0.3, -0.25) is 4.79 Å². The minimum absolute atomic E-state index is 0.0700. The summed E-state index contributed by atoms with van der Waals surface area (Å²) in [5.41, 5.74) is 0.919. The average Bonchev–Trinajstić information content (AvgIpc) is 2.99. The second kappa shape index (κ2) is 24.2. The highest BCUT2D eigenvalue weighted by Gasteiger charge is 2.20. The number of ether oxygens (including phenoxy) is 3. The van der Waals surface area contributed by atoms with Crippen molar-refractivity contribution in [3.05, 3.63) is 53.2 Å². The van der Waals surface area contributed by atoms with E-state index in [-0.39, 0.29) is 18.4 Å². The topological polar surface area (TPSA) is 133 Å². The van der Waals surface area contributed by atoms with E-state index in [4.69, 9.17) is 30.9 Å². The third-order valence-corrected chi connectivity index (χ3v) is 6.44. The lowest BCUT2D eigenvalue weighted by Gasteiger charge is -2.24. The van der Waals surface area contributed by atoms with Gasteiger partial charge in [0.2, 0.25) is 5.91 Å². The number of amides is 1. The van der Waals surface area contributed by atoms with Crippen LogP contribution < -0.4 is 5.32 Å². The molecule has 10 nitrogen and oxygen atoms in total. The molecule has 0 fully saturated rings. The highest BCUT2D eigenvalue weighted by Crippen LogP contribution is 2.15. The molecule has 0 spiro atoms. The molecule has 0 saturated carbocycles. The van der Waals surface area contributed by atoms with E-state index in [1.807, 2.05) is 50.9 Å². The molecule has 1 aromatic carbocycles. The fraction of sp³-hybridized carbons (Fsp3) is 0.613. The van der Waals surface area contributed by atoms with Gasteiger partial charge in [0.05, 0.1) is 25.4 Å². The number of hydrogen-bond acceptors (Lipinski definition) is 9. The zero-order chi connectivity index (χ0) is 31.9. The van der Waals surface area contributed by atoms with Crippen LogP contribution in [0, 0.1) is 5.92 Å². The highest BCUT2D eigenvalue weighted by atomic mass is 35.5. The van der Waals surface area contributed by atoms with Gasteiger partial charge in [0, 0.05) is 44.0 Å². The van der Waals surface area contributed by atoms with Gasteiger partial charge in [-0.05, 0) is 63.0 Å². The van der Waals surface area contributed by atoms with Gasteiger partial charge in [-0.25, -0.2) is 4.99 Å². The molecule has 1 heterocycles. The quantitative estimate of drug-likeness (QED) is 0.171. The van der Waals surface area contributed by atoms with Crippen LogP contribution in [0.15, 0.2) is 47.6 Å². The molecule has 1 amide bonds. The van der Waals surface area contributed by atoms with E-state index in [1.54, 1.807) is 31.2 Å². The monoisotopic (exact) mass is 613 g/mol. The molecule has 42 heavy (non-hydrogen) atoms. The third kappa shape index (κ3) is 17.6. The zero-order valence-electron chi connectivity index (χ0n) is 26.2. The molecule has 1 aliphatic rings. The van der Waals surface area contributed by atoms with Crippen molar-refractivity contribution in [2.24, 2.45) is 10.9 Å². The molecule has 0 bridgehead atoms. The summed E-state index contributed by atoms with van der Waals surface area (Å²) in [7, 11) is 1.44. The molecule has 4 N–H and O–H groups in total. The van der Waals surface area contributed by atoms with Crippen LogP contribution in [-0.4, -0.2) is 96.7 Å². The number of nitrogens with zero attached hydrogens (tertiary/aromatic N) is 2. The van der Waals surface area contributed by atoms with Gasteiger partial charge < -0.3 is 39.7 Å². The van der Waals surface area contributed by atoms with Crippen LogP contribution in [0.5, 0.6) is 0 Å². The maximum Gasteiger partial charge on any atom is 0.249 e. The fourth-order valence-corrected chi connectivity index (χ4v) is 3.50. The number of carbonyl (C=O) groups excluding carboxylic acids is 1. The number of rotatable bonds is 15. The first kappa shape index (κ1) is 39.7. The standard InChI is InChI=1S/C15H16ClN3O.C14H30O6.C2H6/c1-2-19-10-9-14(17-11-19)18-15(20)8-5-12-3-6-13(16)7-4-12;1-5-19-14(8-10(2)11(3)16)20-7-6-12(17)13(9-15)18-4;1-2/h3-10H,2,11H2,1H3,(H,17,18,20);10-17H,5-9H2,1-4H3;1-2H3/b8-5+;;/t;10?,11-,12?,13-,14?;/m.1./s1. The van der Waals surface area contributed by atoms with Crippen LogP contribution in [-0.2, 0) is 19.0 Å². The lowest BCUT2D eigenvalue weighted by molar-refractivity contribution is -0.160. The van der Waals surface area contributed by atoms with Gasteiger partial charge in [0.15, 0.2) is 6.29 Å².